The maximum absolute atomic E-state index is 12.8. The number of carbonyl (C=O) groups excluding carboxylic acids is 1. The number of para-hydroxylation sites is 2. The molecule has 1 N–H and O–H groups in total. The summed E-state index contributed by atoms with van der Waals surface area (Å²) in [4.78, 5) is 27.3. The Balaban J connectivity index is 1.40. The minimum Gasteiger partial charge on any atom is -0.371 e. The van der Waals surface area contributed by atoms with Crippen LogP contribution in [0.1, 0.15) is 19.3 Å². The van der Waals surface area contributed by atoms with Crippen molar-refractivity contribution in [3.8, 4) is 11.4 Å². The Bertz CT molecular complexity index is 1040. The SMILES string of the molecule is CN(C)CCCN(C)C(=O)C1CCN(c2ccc(Cl)c(-c3nc4ccccc4[nH]3)c2)CC1. The van der Waals surface area contributed by atoms with Gasteiger partial charge in [0.05, 0.1) is 16.1 Å². The highest BCUT2D eigenvalue weighted by atomic mass is 35.5. The van der Waals surface area contributed by atoms with Crippen LogP contribution in [0, 0.1) is 5.92 Å². The summed E-state index contributed by atoms with van der Waals surface area (Å²) >= 11 is 6.53. The zero-order chi connectivity index (χ0) is 22.7. The quantitative estimate of drug-likeness (QED) is 0.571. The molecule has 0 aliphatic carbocycles. The van der Waals surface area contributed by atoms with Crippen LogP contribution in [-0.2, 0) is 4.79 Å². The molecule has 1 fully saturated rings. The van der Waals surface area contributed by atoms with E-state index in [0.29, 0.717) is 5.02 Å². The fraction of sp³-hybridized carbons (Fsp3) is 0.440. The topological polar surface area (TPSA) is 55.5 Å². The number of halogens is 1. The molecule has 170 valence electrons. The first kappa shape index (κ1) is 22.6. The zero-order valence-corrected chi connectivity index (χ0v) is 19.9. The van der Waals surface area contributed by atoms with Crippen LogP contribution in [0.15, 0.2) is 42.5 Å². The molecule has 1 aliphatic heterocycles. The van der Waals surface area contributed by atoms with E-state index in [4.69, 9.17) is 16.6 Å². The number of nitrogens with zero attached hydrogens (tertiary/aromatic N) is 4. The number of fused-ring (bicyclic) bond motifs is 1. The number of carbonyl (C=O) groups is 1. The van der Waals surface area contributed by atoms with E-state index in [1.54, 1.807) is 0 Å². The maximum atomic E-state index is 12.8. The highest BCUT2D eigenvalue weighted by molar-refractivity contribution is 6.33. The summed E-state index contributed by atoms with van der Waals surface area (Å²) in [6, 6.07) is 14.1. The molecule has 7 heteroatoms. The molecule has 1 saturated heterocycles. The van der Waals surface area contributed by atoms with Gasteiger partial charge in [-0.1, -0.05) is 23.7 Å². The summed E-state index contributed by atoms with van der Waals surface area (Å²) in [5, 5.41) is 0.678. The number of anilines is 1. The molecule has 0 unspecified atom stereocenters. The number of nitrogens with one attached hydrogen (secondary N) is 1. The summed E-state index contributed by atoms with van der Waals surface area (Å²) in [5.74, 6) is 1.17. The van der Waals surface area contributed by atoms with Crippen LogP contribution >= 0.6 is 11.6 Å². The molecular weight excluding hydrogens is 422 g/mol. The number of benzene rings is 2. The number of hydrogen-bond acceptors (Lipinski definition) is 4. The third-order valence-corrected chi connectivity index (χ3v) is 6.61. The summed E-state index contributed by atoms with van der Waals surface area (Å²) < 4.78 is 0. The van der Waals surface area contributed by atoms with Crippen molar-refractivity contribution < 1.29 is 4.79 Å². The van der Waals surface area contributed by atoms with Crippen molar-refractivity contribution in [2.45, 2.75) is 19.3 Å². The van der Waals surface area contributed by atoms with E-state index >= 15 is 0 Å². The standard InChI is InChI=1S/C25H32ClN5O/c1-29(2)13-6-14-30(3)25(32)18-11-15-31(16-12-18)19-9-10-21(26)20(17-19)24-27-22-7-4-5-8-23(22)28-24/h4-5,7-10,17-18H,6,11-16H2,1-3H3,(H,27,28). The molecule has 0 radical (unpaired) electrons. The highest BCUT2D eigenvalue weighted by Gasteiger charge is 2.27. The zero-order valence-electron chi connectivity index (χ0n) is 19.1. The van der Waals surface area contributed by atoms with E-state index in [0.717, 1.165) is 73.6 Å². The van der Waals surface area contributed by atoms with Gasteiger partial charge in [-0.15, -0.1) is 0 Å². The predicted octanol–water partition coefficient (Wildman–Crippen LogP) is 4.51. The third-order valence-electron chi connectivity index (χ3n) is 6.28. The minimum atomic E-state index is 0.109. The van der Waals surface area contributed by atoms with Gasteiger partial charge in [-0.25, -0.2) is 4.98 Å². The first-order valence-corrected chi connectivity index (χ1v) is 11.7. The summed E-state index contributed by atoms with van der Waals surface area (Å²) in [5.41, 5.74) is 3.95. The van der Waals surface area contributed by atoms with Gasteiger partial charge in [0.1, 0.15) is 5.82 Å². The molecular formula is C25H32ClN5O. The van der Waals surface area contributed by atoms with E-state index in [2.05, 4.69) is 41.0 Å². The van der Waals surface area contributed by atoms with Crippen LogP contribution < -0.4 is 4.90 Å². The van der Waals surface area contributed by atoms with Crippen LogP contribution in [0.5, 0.6) is 0 Å². The lowest BCUT2D eigenvalue weighted by atomic mass is 9.94. The lowest BCUT2D eigenvalue weighted by Gasteiger charge is -2.35. The van der Waals surface area contributed by atoms with E-state index in [-0.39, 0.29) is 11.8 Å². The van der Waals surface area contributed by atoms with Crippen molar-refractivity contribution in [3.63, 3.8) is 0 Å². The van der Waals surface area contributed by atoms with Crippen molar-refractivity contribution in [3.05, 3.63) is 47.5 Å². The highest BCUT2D eigenvalue weighted by Crippen LogP contribution is 2.33. The molecule has 1 aliphatic rings. The molecule has 0 atom stereocenters. The van der Waals surface area contributed by atoms with Gasteiger partial charge in [0, 0.05) is 43.9 Å². The number of aromatic nitrogens is 2. The second kappa shape index (κ2) is 9.92. The number of hydrogen-bond donors (Lipinski definition) is 1. The van der Waals surface area contributed by atoms with Crippen molar-refractivity contribution in [1.29, 1.82) is 0 Å². The summed E-state index contributed by atoms with van der Waals surface area (Å²) in [6.45, 7) is 3.54. The van der Waals surface area contributed by atoms with Gasteiger partial charge in [0.15, 0.2) is 0 Å². The number of aromatic amines is 1. The van der Waals surface area contributed by atoms with Gasteiger partial charge in [-0.2, -0.15) is 0 Å². The van der Waals surface area contributed by atoms with E-state index in [9.17, 15) is 4.79 Å². The van der Waals surface area contributed by atoms with Crippen LogP contribution in [0.2, 0.25) is 5.02 Å². The van der Waals surface area contributed by atoms with E-state index in [1.807, 2.05) is 42.3 Å². The lowest BCUT2D eigenvalue weighted by Crippen LogP contribution is -2.41. The molecule has 4 rings (SSSR count). The molecule has 2 aromatic carbocycles. The molecule has 1 aromatic heterocycles. The second-order valence-electron chi connectivity index (χ2n) is 8.94. The molecule has 2 heterocycles. The van der Waals surface area contributed by atoms with Crippen molar-refractivity contribution in [2.24, 2.45) is 5.92 Å². The van der Waals surface area contributed by atoms with E-state index in [1.165, 1.54) is 0 Å². The van der Waals surface area contributed by atoms with Crippen molar-refractivity contribution >= 4 is 34.2 Å². The third kappa shape index (κ3) is 5.08. The Labute approximate surface area is 195 Å². The van der Waals surface area contributed by atoms with Crippen LogP contribution in [0.3, 0.4) is 0 Å². The number of rotatable bonds is 7. The second-order valence-corrected chi connectivity index (χ2v) is 9.35. The Hall–Kier alpha value is -2.57. The molecule has 0 saturated carbocycles. The molecule has 6 nitrogen and oxygen atoms in total. The minimum absolute atomic E-state index is 0.109. The first-order valence-electron chi connectivity index (χ1n) is 11.3. The first-order chi connectivity index (χ1) is 15.4. The van der Waals surface area contributed by atoms with Crippen molar-refractivity contribution in [2.75, 3.05) is 52.2 Å². The van der Waals surface area contributed by atoms with Gasteiger partial charge in [-0.05, 0) is 70.2 Å². The van der Waals surface area contributed by atoms with E-state index < -0.39 is 0 Å². The van der Waals surface area contributed by atoms with Gasteiger partial charge in [-0.3, -0.25) is 4.79 Å². The number of imidazole rings is 1. The normalized spacial score (nSPS) is 15.0. The average molecular weight is 454 g/mol. The van der Waals surface area contributed by atoms with Crippen molar-refractivity contribution in [1.82, 2.24) is 19.8 Å². The summed E-state index contributed by atoms with van der Waals surface area (Å²) in [7, 11) is 6.06. The fourth-order valence-corrected chi connectivity index (χ4v) is 4.61. The van der Waals surface area contributed by atoms with Gasteiger partial charge < -0.3 is 19.7 Å². The van der Waals surface area contributed by atoms with Crippen LogP contribution in [0.4, 0.5) is 5.69 Å². The monoisotopic (exact) mass is 453 g/mol. The Morgan fingerprint density at radius 1 is 1.12 bits per heavy atom. The largest absolute Gasteiger partial charge is 0.371 e. The smallest absolute Gasteiger partial charge is 0.225 e. The average Bonchev–Trinajstić information content (AvgIpc) is 3.23. The Morgan fingerprint density at radius 2 is 1.88 bits per heavy atom. The van der Waals surface area contributed by atoms with Gasteiger partial charge in [0.2, 0.25) is 5.91 Å². The van der Waals surface area contributed by atoms with Crippen LogP contribution in [0.25, 0.3) is 22.4 Å². The molecule has 32 heavy (non-hydrogen) atoms. The molecule has 1 amide bonds. The van der Waals surface area contributed by atoms with Gasteiger partial charge in [0.25, 0.3) is 0 Å². The molecule has 0 spiro atoms. The Kier molecular flexibility index (Phi) is 7.01. The van der Waals surface area contributed by atoms with Crippen LogP contribution in [-0.4, -0.2) is 73.0 Å². The molecule has 0 bridgehead atoms. The number of amides is 1. The fourth-order valence-electron chi connectivity index (χ4n) is 4.40. The Morgan fingerprint density at radius 3 is 2.59 bits per heavy atom. The number of piperidine rings is 1. The predicted molar refractivity (Wildman–Crippen MR) is 132 cm³/mol. The maximum Gasteiger partial charge on any atom is 0.225 e. The van der Waals surface area contributed by atoms with Gasteiger partial charge >= 0.3 is 0 Å². The lowest BCUT2D eigenvalue weighted by molar-refractivity contribution is -0.134. The molecule has 3 aromatic rings. The number of H-pyrrole nitrogens is 1. The summed E-state index contributed by atoms with van der Waals surface area (Å²) in [6.07, 6.45) is 2.75.